The first-order valence-electron chi connectivity index (χ1n) is 10.1. The van der Waals surface area contributed by atoms with Crippen LogP contribution in [0.15, 0.2) is 42.5 Å². The van der Waals surface area contributed by atoms with Gasteiger partial charge in [-0.25, -0.2) is 0 Å². The molecule has 2 aromatic carbocycles. The third-order valence-corrected chi connectivity index (χ3v) is 7.75. The smallest absolute Gasteiger partial charge is 0.254 e. The molecule has 1 aliphatic carbocycles. The SMILES string of the molecule is CC1(C)[C@H]2Cc3ccccc3[C@]1(C)CCN2C(=O)c1ccc2c(c1)CC(=O)N2. The van der Waals surface area contributed by atoms with E-state index in [9.17, 15) is 9.59 Å². The minimum absolute atomic E-state index is 0.00152. The summed E-state index contributed by atoms with van der Waals surface area (Å²) in [6, 6.07) is 14.5. The largest absolute Gasteiger partial charge is 0.335 e. The number of fused-ring (bicyclic) bond motifs is 5. The fourth-order valence-electron chi connectivity index (χ4n) is 5.64. The Morgan fingerprint density at radius 2 is 1.89 bits per heavy atom. The highest BCUT2D eigenvalue weighted by Gasteiger charge is 2.56. The number of benzene rings is 2. The molecule has 1 N–H and O–H groups in total. The maximum atomic E-state index is 13.5. The summed E-state index contributed by atoms with van der Waals surface area (Å²) in [5.41, 5.74) is 5.32. The van der Waals surface area contributed by atoms with Crippen molar-refractivity contribution in [2.24, 2.45) is 5.41 Å². The predicted molar refractivity (Wildman–Crippen MR) is 109 cm³/mol. The second kappa shape index (κ2) is 5.69. The fourth-order valence-corrected chi connectivity index (χ4v) is 5.64. The maximum Gasteiger partial charge on any atom is 0.254 e. The molecule has 2 atom stereocenters. The number of nitrogens with one attached hydrogen (secondary N) is 1. The number of hydrogen-bond acceptors (Lipinski definition) is 2. The quantitative estimate of drug-likeness (QED) is 0.822. The number of anilines is 1. The van der Waals surface area contributed by atoms with Crippen molar-refractivity contribution < 1.29 is 9.59 Å². The van der Waals surface area contributed by atoms with Crippen molar-refractivity contribution in [3.05, 3.63) is 64.7 Å². The lowest BCUT2D eigenvalue weighted by Crippen LogP contribution is -2.64. The molecule has 1 saturated heterocycles. The Morgan fingerprint density at radius 3 is 2.71 bits per heavy atom. The van der Waals surface area contributed by atoms with Crippen molar-refractivity contribution in [3.8, 4) is 0 Å². The van der Waals surface area contributed by atoms with Crippen LogP contribution in [0.1, 0.15) is 54.2 Å². The molecule has 2 aliphatic heterocycles. The van der Waals surface area contributed by atoms with E-state index in [4.69, 9.17) is 0 Å². The van der Waals surface area contributed by atoms with Crippen LogP contribution < -0.4 is 5.32 Å². The molecular weight excluding hydrogens is 348 g/mol. The lowest BCUT2D eigenvalue weighted by Gasteiger charge is -2.60. The molecular formula is C24H26N2O2. The number of rotatable bonds is 1. The second-order valence-electron chi connectivity index (χ2n) is 9.28. The monoisotopic (exact) mass is 374 g/mol. The Balaban J connectivity index is 1.52. The summed E-state index contributed by atoms with van der Waals surface area (Å²) in [6.45, 7) is 7.77. The van der Waals surface area contributed by atoms with E-state index < -0.39 is 0 Å². The van der Waals surface area contributed by atoms with Gasteiger partial charge in [-0.15, -0.1) is 0 Å². The van der Waals surface area contributed by atoms with E-state index in [0.29, 0.717) is 12.0 Å². The molecule has 2 aromatic rings. The van der Waals surface area contributed by atoms with Crippen LogP contribution in [0.4, 0.5) is 5.69 Å². The Morgan fingerprint density at radius 1 is 1.11 bits per heavy atom. The lowest BCUT2D eigenvalue weighted by atomic mass is 9.51. The molecule has 0 radical (unpaired) electrons. The van der Waals surface area contributed by atoms with E-state index in [1.165, 1.54) is 11.1 Å². The van der Waals surface area contributed by atoms with Crippen LogP contribution in [0.5, 0.6) is 0 Å². The topological polar surface area (TPSA) is 49.4 Å². The van der Waals surface area contributed by atoms with Crippen molar-refractivity contribution in [2.75, 3.05) is 11.9 Å². The molecule has 3 aliphatic rings. The van der Waals surface area contributed by atoms with Gasteiger partial charge < -0.3 is 10.2 Å². The molecule has 144 valence electrons. The van der Waals surface area contributed by atoms with Crippen molar-refractivity contribution in [3.63, 3.8) is 0 Å². The number of hydrogen-bond donors (Lipinski definition) is 1. The van der Waals surface area contributed by atoms with Gasteiger partial charge in [0.1, 0.15) is 0 Å². The van der Waals surface area contributed by atoms with E-state index >= 15 is 0 Å². The Bertz CT molecular complexity index is 1010. The van der Waals surface area contributed by atoms with Crippen molar-refractivity contribution in [1.29, 1.82) is 0 Å². The molecule has 28 heavy (non-hydrogen) atoms. The highest BCUT2D eigenvalue weighted by molar-refractivity contribution is 6.01. The van der Waals surface area contributed by atoms with Crippen LogP contribution in [0.25, 0.3) is 0 Å². The van der Waals surface area contributed by atoms with Crippen LogP contribution >= 0.6 is 0 Å². The Hall–Kier alpha value is -2.62. The number of piperidine rings is 1. The van der Waals surface area contributed by atoms with Gasteiger partial charge in [0, 0.05) is 29.3 Å². The van der Waals surface area contributed by atoms with Crippen LogP contribution in [-0.4, -0.2) is 29.3 Å². The highest BCUT2D eigenvalue weighted by Crippen LogP contribution is 2.56. The number of carbonyl (C=O) groups is 2. The first kappa shape index (κ1) is 17.5. The molecule has 2 amide bonds. The zero-order valence-corrected chi connectivity index (χ0v) is 16.7. The summed E-state index contributed by atoms with van der Waals surface area (Å²) in [6.07, 6.45) is 2.22. The number of likely N-dealkylation sites (tertiary alicyclic amines) is 1. The van der Waals surface area contributed by atoms with Gasteiger partial charge in [-0.1, -0.05) is 45.0 Å². The Labute approximate surface area is 165 Å². The van der Waals surface area contributed by atoms with Gasteiger partial charge in [-0.05, 0) is 53.1 Å². The van der Waals surface area contributed by atoms with E-state index in [-0.39, 0.29) is 28.7 Å². The number of amides is 2. The highest BCUT2D eigenvalue weighted by atomic mass is 16.2. The van der Waals surface area contributed by atoms with Gasteiger partial charge in [0.05, 0.1) is 6.42 Å². The lowest BCUT2D eigenvalue weighted by molar-refractivity contribution is -0.115. The molecule has 0 unspecified atom stereocenters. The molecule has 5 rings (SSSR count). The minimum Gasteiger partial charge on any atom is -0.335 e. The second-order valence-corrected chi connectivity index (χ2v) is 9.28. The van der Waals surface area contributed by atoms with E-state index in [1.807, 2.05) is 18.2 Å². The number of carbonyl (C=O) groups excluding carboxylic acids is 2. The van der Waals surface area contributed by atoms with Crippen LogP contribution in [0, 0.1) is 5.41 Å². The average molecular weight is 374 g/mol. The van der Waals surface area contributed by atoms with Crippen LogP contribution in [0.3, 0.4) is 0 Å². The van der Waals surface area contributed by atoms with Gasteiger partial charge in [0.2, 0.25) is 5.91 Å². The first-order chi connectivity index (χ1) is 13.3. The van der Waals surface area contributed by atoms with Gasteiger partial charge >= 0.3 is 0 Å². The summed E-state index contributed by atoms with van der Waals surface area (Å²) < 4.78 is 0. The predicted octanol–water partition coefficient (Wildman–Crippen LogP) is 3.94. The zero-order chi connectivity index (χ0) is 19.7. The maximum absolute atomic E-state index is 13.5. The molecule has 0 saturated carbocycles. The van der Waals surface area contributed by atoms with E-state index in [0.717, 1.165) is 30.6 Å². The molecule has 1 fully saturated rings. The molecule has 2 bridgehead atoms. The summed E-state index contributed by atoms with van der Waals surface area (Å²) in [5, 5.41) is 2.84. The van der Waals surface area contributed by atoms with Gasteiger partial charge in [-0.3, -0.25) is 9.59 Å². The molecule has 0 spiro atoms. The average Bonchev–Trinajstić information content (AvgIpc) is 3.03. The Kier molecular flexibility index (Phi) is 3.55. The number of nitrogens with zero attached hydrogens (tertiary/aromatic N) is 1. The van der Waals surface area contributed by atoms with Gasteiger partial charge in [0.15, 0.2) is 0 Å². The van der Waals surface area contributed by atoms with Crippen LogP contribution in [-0.2, 0) is 23.1 Å². The minimum atomic E-state index is -0.0104. The zero-order valence-electron chi connectivity index (χ0n) is 16.7. The molecule has 0 aromatic heterocycles. The van der Waals surface area contributed by atoms with Gasteiger partial charge in [-0.2, -0.15) is 0 Å². The molecule has 4 heteroatoms. The molecule has 4 nitrogen and oxygen atoms in total. The summed E-state index contributed by atoms with van der Waals surface area (Å²) in [7, 11) is 0. The summed E-state index contributed by atoms with van der Waals surface area (Å²) >= 11 is 0. The first-order valence-corrected chi connectivity index (χ1v) is 10.1. The van der Waals surface area contributed by atoms with Crippen molar-refractivity contribution >= 4 is 17.5 Å². The third kappa shape index (κ3) is 2.24. The normalized spacial score (nSPS) is 27.0. The molecule has 2 heterocycles. The summed E-state index contributed by atoms with van der Waals surface area (Å²) in [4.78, 5) is 27.2. The fraction of sp³-hybridized carbons (Fsp3) is 0.417. The standard InChI is InChI=1S/C24H26N2O2/c1-23(2)20-13-15-6-4-5-7-18(15)24(23,3)10-11-26(20)22(28)16-8-9-19-17(12-16)14-21(27)25-19/h4-9,12,20H,10-11,13-14H2,1-3H3,(H,25,27)/t20-,24+/m1/s1. The third-order valence-electron chi connectivity index (χ3n) is 7.75. The van der Waals surface area contributed by atoms with Crippen LogP contribution in [0.2, 0.25) is 0 Å². The summed E-state index contributed by atoms with van der Waals surface area (Å²) in [5.74, 6) is 0.0833. The van der Waals surface area contributed by atoms with Gasteiger partial charge in [0.25, 0.3) is 5.91 Å². The van der Waals surface area contributed by atoms with Crippen molar-refractivity contribution in [2.45, 2.75) is 51.5 Å². The van der Waals surface area contributed by atoms with E-state index in [1.54, 1.807) is 0 Å². The van der Waals surface area contributed by atoms with Crippen molar-refractivity contribution in [1.82, 2.24) is 4.90 Å². The van der Waals surface area contributed by atoms with E-state index in [2.05, 4.69) is 55.3 Å².